The van der Waals surface area contributed by atoms with E-state index in [1.165, 1.54) is 12.3 Å². The second-order valence-electron chi connectivity index (χ2n) is 4.06. The zero-order valence-corrected chi connectivity index (χ0v) is 9.84. The van der Waals surface area contributed by atoms with Crippen LogP contribution in [0.3, 0.4) is 0 Å². The highest BCUT2D eigenvalue weighted by Gasteiger charge is 2.10. The number of hydrogen-bond acceptors (Lipinski definition) is 3. The Kier molecular flexibility index (Phi) is 2.64. The molecule has 0 aliphatic rings. The lowest BCUT2D eigenvalue weighted by Crippen LogP contribution is -2.14. The fourth-order valence-electron chi connectivity index (χ4n) is 1.83. The summed E-state index contributed by atoms with van der Waals surface area (Å²) in [6, 6.07) is 11.9. The molecule has 5 heteroatoms. The normalized spacial score (nSPS) is 10.5. The Balaban J connectivity index is 1.88. The number of hydrogen-bond donors (Lipinski definition) is 2. The van der Waals surface area contributed by atoms with E-state index < -0.39 is 5.91 Å². The van der Waals surface area contributed by atoms with E-state index in [1.54, 1.807) is 0 Å². The molecule has 0 atom stereocenters. The number of carbonyl (C=O) groups is 1. The maximum atomic E-state index is 11.9. The third-order valence-electron chi connectivity index (χ3n) is 2.70. The van der Waals surface area contributed by atoms with Gasteiger partial charge in [0.1, 0.15) is 5.82 Å². The molecule has 0 aliphatic carbocycles. The number of aromatic nitrogens is 1. The Hall–Kier alpha value is -2.82. The molecule has 1 aromatic carbocycles. The molecule has 0 bridgehead atoms. The van der Waals surface area contributed by atoms with Gasteiger partial charge in [0.05, 0.1) is 6.26 Å². The van der Waals surface area contributed by atoms with Crippen molar-refractivity contribution < 1.29 is 9.21 Å². The number of nitrogens with one attached hydrogen (secondary N) is 2. The van der Waals surface area contributed by atoms with Crippen LogP contribution in [0.2, 0.25) is 0 Å². The summed E-state index contributed by atoms with van der Waals surface area (Å²) in [5, 5.41) is 3.64. The molecule has 94 valence electrons. The number of anilines is 1. The van der Waals surface area contributed by atoms with Gasteiger partial charge >= 0.3 is 0 Å². The zero-order chi connectivity index (χ0) is 13.2. The van der Waals surface area contributed by atoms with Gasteiger partial charge in [-0.25, -0.2) is 0 Å². The Morgan fingerprint density at radius 2 is 2.00 bits per heavy atom. The number of carbonyl (C=O) groups excluding carboxylic acids is 1. The van der Waals surface area contributed by atoms with E-state index in [1.807, 2.05) is 30.3 Å². The summed E-state index contributed by atoms with van der Waals surface area (Å²) >= 11 is 0. The van der Waals surface area contributed by atoms with Gasteiger partial charge in [0, 0.05) is 23.0 Å². The largest absolute Gasteiger partial charge is 0.459 e. The number of fused-ring (bicyclic) bond motifs is 1. The van der Waals surface area contributed by atoms with Gasteiger partial charge in [0.15, 0.2) is 11.2 Å². The van der Waals surface area contributed by atoms with E-state index in [0.29, 0.717) is 5.82 Å². The van der Waals surface area contributed by atoms with Crippen molar-refractivity contribution in [1.82, 2.24) is 4.98 Å². The second kappa shape index (κ2) is 4.45. The van der Waals surface area contributed by atoms with Crippen molar-refractivity contribution in [3.05, 3.63) is 64.7 Å². The molecule has 0 radical (unpaired) electrons. The molecule has 0 aliphatic heterocycles. The number of H-pyrrole nitrogens is 1. The molecule has 1 amide bonds. The van der Waals surface area contributed by atoms with Crippen molar-refractivity contribution in [3.8, 4) is 0 Å². The summed E-state index contributed by atoms with van der Waals surface area (Å²) in [7, 11) is 0. The van der Waals surface area contributed by atoms with E-state index in [9.17, 15) is 9.59 Å². The van der Waals surface area contributed by atoms with E-state index in [0.717, 1.165) is 17.0 Å². The monoisotopic (exact) mass is 254 g/mol. The highest BCUT2D eigenvalue weighted by Crippen LogP contribution is 2.18. The summed E-state index contributed by atoms with van der Waals surface area (Å²) in [4.78, 5) is 26.1. The van der Waals surface area contributed by atoms with Gasteiger partial charge in [-0.3, -0.25) is 9.59 Å². The summed E-state index contributed by atoms with van der Waals surface area (Å²) in [6.45, 7) is 0. The smallest absolute Gasteiger partial charge is 0.292 e. The van der Waals surface area contributed by atoms with E-state index in [-0.39, 0.29) is 11.2 Å². The van der Waals surface area contributed by atoms with Gasteiger partial charge in [-0.05, 0) is 12.1 Å². The number of benzene rings is 1. The number of rotatable bonds is 2. The molecular weight excluding hydrogens is 244 g/mol. The summed E-state index contributed by atoms with van der Waals surface area (Å²) in [5.74, 6) is 0.0631. The zero-order valence-electron chi connectivity index (χ0n) is 9.84. The Morgan fingerprint density at radius 3 is 2.79 bits per heavy atom. The highest BCUT2D eigenvalue weighted by atomic mass is 16.3. The van der Waals surface area contributed by atoms with Crippen LogP contribution in [0.15, 0.2) is 57.9 Å². The van der Waals surface area contributed by atoms with E-state index in [4.69, 9.17) is 4.42 Å². The summed E-state index contributed by atoms with van der Waals surface area (Å²) in [6.07, 6.45) is 1.20. The minimum atomic E-state index is -0.468. The predicted octanol–water partition coefficient (Wildman–Crippen LogP) is 2.37. The molecule has 2 aromatic heterocycles. The quantitative estimate of drug-likeness (QED) is 0.737. The topological polar surface area (TPSA) is 75.1 Å². The first-order valence-corrected chi connectivity index (χ1v) is 5.70. The molecule has 0 saturated carbocycles. The first-order valence-electron chi connectivity index (χ1n) is 5.70. The molecule has 0 unspecified atom stereocenters. The Bertz CT molecular complexity index is 768. The van der Waals surface area contributed by atoms with Crippen LogP contribution in [0, 0.1) is 0 Å². The van der Waals surface area contributed by atoms with Crippen LogP contribution in [0.25, 0.3) is 10.9 Å². The van der Waals surface area contributed by atoms with Gasteiger partial charge in [-0.15, -0.1) is 0 Å². The Morgan fingerprint density at radius 1 is 1.16 bits per heavy atom. The lowest BCUT2D eigenvalue weighted by Gasteiger charge is -2.00. The lowest BCUT2D eigenvalue weighted by molar-refractivity contribution is 0.0994. The molecule has 3 rings (SSSR count). The fraction of sp³-hybridized carbons (Fsp3) is 0. The lowest BCUT2D eigenvalue weighted by atomic mass is 10.2. The summed E-state index contributed by atoms with van der Waals surface area (Å²) < 4.78 is 4.99. The van der Waals surface area contributed by atoms with Crippen LogP contribution in [0.1, 0.15) is 10.6 Å². The van der Waals surface area contributed by atoms with Crippen LogP contribution in [0.4, 0.5) is 5.82 Å². The van der Waals surface area contributed by atoms with Crippen molar-refractivity contribution in [3.63, 3.8) is 0 Å². The van der Waals surface area contributed by atoms with Gasteiger partial charge in [0.25, 0.3) is 5.91 Å². The van der Waals surface area contributed by atoms with Crippen molar-refractivity contribution in [2.45, 2.75) is 0 Å². The number of para-hydroxylation sites is 1. The van der Waals surface area contributed by atoms with Crippen LogP contribution < -0.4 is 10.7 Å². The van der Waals surface area contributed by atoms with Crippen molar-refractivity contribution in [2.75, 3.05) is 5.32 Å². The van der Waals surface area contributed by atoms with Gasteiger partial charge in [-0.1, -0.05) is 18.2 Å². The molecule has 19 heavy (non-hydrogen) atoms. The molecule has 2 N–H and O–H groups in total. The van der Waals surface area contributed by atoms with Crippen LogP contribution >= 0.6 is 0 Å². The SMILES string of the molecule is O=C(Nc1cc2ccccc2[nH]1)c1cc(=O)cco1. The second-order valence-corrected chi connectivity index (χ2v) is 4.06. The minimum Gasteiger partial charge on any atom is -0.459 e. The first-order chi connectivity index (χ1) is 9.22. The Labute approximate surface area is 107 Å². The number of aromatic amines is 1. The van der Waals surface area contributed by atoms with E-state index >= 15 is 0 Å². The van der Waals surface area contributed by atoms with Crippen molar-refractivity contribution in [1.29, 1.82) is 0 Å². The third-order valence-corrected chi connectivity index (χ3v) is 2.70. The highest BCUT2D eigenvalue weighted by molar-refractivity contribution is 6.03. The molecular formula is C14H10N2O3. The molecule has 0 saturated heterocycles. The van der Waals surface area contributed by atoms with Crippen LogP contribution in [-0.2, 0) is 0 Å². The molecule has 3 aromatic rings. The summed E-state index contributed by atoms with van der Waals surface area (Å²) in [5.41, 5.74) is 0.653. The maximum absolute atomic E-state index is 11.9. The average molecular weight is 254 g/mol. The van der Waals surface area contributed by atoms with Gasteiger partial charge in [-0.2, -0.15) is 0 Å². The molecule has 5 nitrogen and oxygen atoms in total. The predicted molar refractivity (Wildman–Crippen MR) is 71.2 cm³/mol. The molecule has 0 fully saturated rings. The standard InChI is InChI=1S/C14H10N2O3/c17-10-5-6-19-12(8-10)14(18)16-13-7-9-3-1-2-4-11(9)15-13/h1-8,15H,(H,16,18). The first kappa shape index (κ1) is 11.3. The number of amides is 1. The van der Waals surface area contributed by atoms with Gasteiger partial charge in [0.2, 0.25) is 0 Å². The average Bonchev–Trinajstić information content (AvgIpc) is 2.80. The molecule has 2 heterocycles. The van der Waals surface area contributed by atoms with E-state index in [2.05, 4.69) is 10.3 Å². The van der Waals surface area contributed by atoms with Crippen LogP contribution in [-0.4, -0.2) is 10.9 Å². The van der Waals surface area contributed by atoms with Gasteiger partial charge < -0.3 is 14.7 Å². The van der Waals surface area contributed by atoms with Crippen molar-refractivity contribution >= 4 is 22.6 Å². The van der Waals surface area contributed by atoms with Crippen molar-refractivity contribution in [2.24, 2.45) is 0 Å². The van der Waals surface area contributed by atoms with Crippen LogP contribution in [0.5, 0.6) is 0 Å². The fourth-order valence-corrected chi connectivity index (χ4v) is 1.83. The maximum Gasteiger partial charge on any atom is 0.292 e. The minimum absolute atomic E-state index is 0.0221. The molecule has 0 spiro atoms. The third kappa shape index (κ3) is 2.26.